The fourth-order valence-electron chi connectivity index (χ4n) is 1.96. The Morgan fingerprint density at radius 1 is 1.22 bits per heavy atom. The van der Waals surface area contributed by atoms with Crippen molar-refractivity contribution in [1.29, 1.82) is 0 Å². The van der Waals surface area contributed by atoms with Crippen LogP contribution in [0, 0.1) is 0 Å². The first-order chi connectivity index (χ1) is 8.28. The third-order valence-electron chi connectivity index (χ3n) is 3.07. The van der Waals surface area contributed by atoms with Gasteiger partial charge < -0.3 is 0 Å². The zero-order chi connectivity index (χ0) is 13.7. The average molecular weight is 353 g/mol. The molecule has 0 saturated carbocycles. The number of benzene rings is 1. The van der Waals surface area contributed by atoms with E-state index in [-0.39, 0.29) is 11.9 Å². The van der Waals surface area contributed by atoms with Crippen LogP contribution in [0.4, 0.5) is 10.5 Å². The zero-order valence-corrected chi connectivity index (χ0v) is 12.8. The molecule has 0 aromatic heterocycles. The molecule has 1 aliphatic heterocycles. The van der Waals surface area contributed by atoms with Crippen molar-refractivity contribution in [1.82, 2.24) is 8.41 Å². The molecule has 0 aliphatic carbocycles. The highest BCUT2D eigenvalue weighted by Gasteiger charge is 2.57. The minimum atomic E-state index is -0.541. The first-order valence-electron chi connectivity index (χ1n) is 5.15. The Bertz CT molecular complexity index is 510. The molecule has 18 heavy (non-hydrogen) atoms. The van der Waals surface area contributed by atoms with Crippen LogP contribution in [0.3, 0.4) is 0 Å². The van der Waals surface area contributed by atoms with Gasteiger partial charge in [-0.25, -0.2) is 13.5 Å². The van der Waals surface area contributed by atoms with E-state index in [9.17, 15) is 9.59 Å². The number of nitrogens with zero attached hydrogens (tertiary/aromatic N) is 2. The van der Waals surface area contributed by atoms with Crippen molar-refractivity contribution in [3.63, 3.8) is 0 Å². The molecule has 1 fully saturated rings. The lowest BCUT2D eigenvalue weighted by Gasteiger charge is -2.22. The fraction of sp³-hybridized carbons (Fsp3) is 0.273. The van der Waals surface area contributed by atoms with Gasteiger partial charge in [-0.2, -0.15) is 0 Å². The number of likely N-dealkylation sites (N-methyl/N-ethyl adjacent to an activating group) is 1. The summed E-state index contributed by atoms with van der Waals surface area (Å²) in [7, 11) is 1.53. The summed E-state index contributed by atoms with van der Waals surface area (Å²) in [5, 5.41) is 0.774. The van der Waals surface area contributed by atoms with Gasteiger partial charge in [0.1, 0.15) is 0 Å². The smallest absolute Gasteiger partial charge is 0.227 e. The van der Waals surface area contributed by atoms with Gasteiger partial charge in [0, 0.05) is 22.2 Å². The van der Waals surface area contributed by atoms with E-state index in [4.69, 9.17) is 23.2 Å². The Balaban J connectivity index is 2.61. The zero-order valence-electron chi connectivity index (χ0n) is 9.65. The maximum atomic E-state index is 12.3. The molecule has 0 spiro atoms. The minimum Gasteiger partial charge on any atom is -0.227 e. The van der Waals surface area contributed by atoms with Crippen molar-refractivity contribution in [2.24, 2.45) is 0 Å². The Morgan fingerprint density at radius 3 is 2.11 bits per heavy atom. The fourth-order valence-corrected chi connectivity index (χ4v) is 2.96. The summed E-state index contributed by atoms with van der Waals surface area (Å²) in [5.41, 5.74) is 0.455. The highest BCUT2D eigenvalue weighted by Crippen LogP contribution is 2.36. The standard InChI is InChI=1S/C11H10BrCl2N2O2/c1-6-10(17)16(2,11(18)15(6)12)9-4-7(13)3-8(14)5-9/h3-6H,1-2H3/q+1. The molecule has 1 aliphatic rings. The van der Waals surface area contributed by atoms with Crippen molar-refractivity contribution >= 4 is 57.0 Å². The Hall–Kier alpha value is -0.620. The Labute approximate surface area is 123 Å². The second-order valence-electron chi connectivity index (χ2n) is 4.24. The minimum absolute atomic E-state index is 0.241. The molecule has 0 radical (unpaired) electrons. The summed E-state index contributed by atoms with van der Waals surface area (Å²) in [6.45, 7) is 1.66. The molecule has 2 atom stereocenters. The maximum Gasteiger partial charge on any atom is 0.442 e. The third kappa shape index (κ3) is 1.86. The molecule has 1 heterocycles. The highest BCUT2D eigenvalue weighted by atomic mass is 79.9. The summed E-state index contributed by atoms with van der Waals surface area (Å²) in [4.78, 5) is 24.5. The van der Waals surface area contributed by atoms with Crippen LogP contribution in [0.5, 0.6) is 0 Å². The predicted molar refractivity (Wildman–Crippen MR) is 74.8 cm³/mol. The van der Waals surface area contributed by atoms with Crippen molar-refractivity contribution < 1.29 is 9.59 Å². The van der Waals surface area contributed by atoms with Gasteiger partial charge in [-0.1, -0.05) is 23.2 Å². The quantitative estimate of drug-likeness (QED) is 0.440. The van der Waals surface area contributed by atoms with E-state index >= 15 is 0 Å². The lowest BCUT2D eigenvalue weighted by atomic mass is 10.2. The van der Waals surface area contributed by atoms with E-state index in [1.54, 1.807) is 25.1 Å². The summed E-state index contributed by atoms with van der Waals surface area (Å²) >= 11 is 14.9. The first-order valence-corrected chi connectivity index (χ1v) is 6.62. The molecule has 1 aromatic carbocycles. The molecule has 7 heteroatoms. The normalized spacial score (nSPS) is 28.1. The van der Waals surface area contributed by atoms with Gasteiger partial charge in [-0.3, -0.25) is 0 Å². The van der Waals surface area contributed by atoms with E-state index in [2.05, 4.69) is 16.1 Å². The van der Waals surface area contributed by atoms with Gasteiger partial charge in [0.25, 0.3) is 0 Å². The third-order valence-corrected chi connectivity index (χ3v) is 4.42. The van der Waals surface area contributed by atoms with Crippen molar-refractivity contribution in [2.45, 2.75) is 13.0 Å². The molecular formula is C11H10BrCl2N2O2+. The molecule has 0 bridgehead atoms. The molecule has 1 saturated heterocycles. The number of quaternary nitrogens is 1. The number of amides is 3. The second-order valence-corrected chi connectivity index (χ2v) is 5.88. The topological polar surface area (TPSA) is 37.4 Å². The average Bonchev–Trinajstić information content (AvgIpc) is 2.45. The van der Waals surface area contributed by atoms with Gasteiger partial charge in [0.05, 0.1) is 23.2 Å². The summed E-state index contributed by atoms with van der Waals surface area (Å²) in [6.07, 6.45) is 0. The first kappa shape index (κ1) is 13.8. The van der Waals surface area contributed by atoms with Gasteiger partial charge in [-0.15, -0.1) is 4.48 Å². The number of urea groups is 1. The van der Waals surface area contributed by atoms with Gasteiger partial charge in [-0.05, 0) is 13.0 Å². The van der Waals surface area contributed by atoms with E-state index < -0.39 is 10.5 Å². The van der Waals surface area contributed by atoms with Crippen LogP contribution >= 0.6 is 39.3 Å². The van der Waals surface area contributed by atoms with Crippen LogP contribution in [0.15, 0.2) is 18.2 Å². The summed E-state index contributed by atoms with van der Waals surface area (Å²) < 4.78 is 0.761. The van der Waals surface area contributed by atoms with E-state index in [1.165, 1.54) is 11.0 Å². The molecule has 1 aromatic rings. The van der Waals surface area contributed by atoms with Crippen LogP contribution in [-0.2, 0) is 4.79 Å². The number of halogens is 3. The lowest BCUT2D eigenvalue weighted by Crippen LogP contribution is -2.51. The number of rotatable bonds is 1. The van der Waals surface area contributed by atoms with Crippen LogP contribution in [0.1, 0.15) is 6.92 Å². The van der Waals surface area contributed by atoms with Crippen LogP contribution in [0.2, 0.25) is 10.0 Å². The molecular weight excluding hydrogens is 343 g/mol. The maximum absolute atomic E-state index is 12.3. The SMILES string of the molecule is CC1C(=O)[N+](C)(c2cc(Cl)cc(Cl)c2)C(=O)N1Br. The van der Waals surface area contributed by atoms with Crippen molar-refractivity contribution in [2.75, 3.05) is 7.05 Å². The lowest BCUT2D eigenvalue weighted by molar-refractivity contribution is -0.126. The van der Waals surface area contributed by atoms with Crippen LogP contribution in [0.25, 0.3) is 0 Å². The summed E-state index contributed by atoms with van der Waals surface area (Å²) in [6, 6.07) is 3.79. The Kier molecular flexibility index (Phi) is 3.44. The number of carbonyl (C=O) groups is 2. The van der Waals surface area contributed by atoms with Crippen LogP contribution in [-0.4, -0.2) is 29.0 Å². The molecule has 3 amide bonds. The molecule has 2 rings (SSSR count). The van der Waals surface area contributed by atoms with Gasteiger partial charge >= 0.3 is 11.9 Å². The van der Waals surface area contributed by atoms with E-state index in [0.29, 0.717) is 15.7 Å². The predicted octanol–water partition coefficient (Wildman–Crippen LogP) is 3.59. The largest absolute Gasteiger partial charge is 0.442 e. The highest BCUT2D eigenvalue weighted by molar-refractivity contribution is 9.07. The number of carbonyl (C=O) groups excluding carboxylic acids is 2. The molecule has 4 nitrogen and oxygen atoms in total. The van der Waals surface area contributed by atoms with Crippen molar-refractivity contribution in [3.05, 3.63) is 28.2 Å². The number of imide groups is 1. The van der Waals surface area contributed by atoms with Gasteiger partial charge in [0.15, 0.2) is 11.7 Å². The molecule has 0 N–H and O–H groups in total. The monoisotopic (exact) mass is 351 g/mol. The number of hydrogen-bond donors (Lipinski definition) is 0. The van der Waals surface area contributed by atoms with Crippen molar-refractivity contribution in [3.8, 4) is 0 Å². The molecule has 96 valence electrons. The van der Waals surface area contributed by atoms with Crippen LogP contribution < -0.4 is 4.48 Å². The second kappa shape index (κ2) is 4.49. The molecule has 2 unspecified atom stereocenters. The van der Waals surface area contributed by atoms with Gasteiger partial charge in [0.2, 0.25) is 0 Å². The number of hydrogen-bond acceptors (Lipinski definition) is 2. The van der Waals surface area contributed by atoms with E-state index in [0.717, 1.165) is 0 Å². The summed E-state index contributed by atoms with van der Waals surface area (Å²) in [5.74, 6) is -0.241. The Morgan fingerprint density at radius 2 is 1.72 bits per heavy atom. The van der Waals surface area contributed by atoms with E-state index in [1.807, 2.05) is 0 Å².